The van der Waals surface area contributed by atoms with Crippen molar-refractivity contribution in [2.45, 2.75) is 19.7 Å². The molecule has 2 aromatic carbocycles. The minimum absolute atomic E-state index is 0.342. The molecule has 1 heterocycles. The number of nitrogens with zero attached hydrogens (tertiary/aromatic N) is 3. The van der Waals surface area contributed by atoms with Gasteiger partial charge in [-0.3, -0.25) is 0 Å². The van der Waals surface area contributed by atoms with Gasteiger partial charge in [0.25, 0.3) is 0 Å². The van der Waals surface area contributed by atoms with Crippen molar-refractivity contribution < 1.29 is 0 Å². The number of aryl methyl sites for hydroxylation is 2. The van der Waals surface area contributed by atoms with Crippen molar-refractivity contribution in [2.24, 2.45) is 0 Å². The second kappa shape index (κ2) is 5.70. The molecule has 0 aliphatic rings. The number of benzene rings is 2. The standard InChI is InChI=1S/C17H16ClN3/c1-12-6-5-8-14(10-12)17-15(11-18)19-20-21(17)16-9-4-3-7-13(16)2/h3-10H,11H2,1-2H3. The van der Waals surface area contributed by atoms with Crippen molar-refractivity contribution in [1.29, 1.82) is 0 Å². The van der Waals surface area contributed by atoms with Crippen molar-refractivity contribution >= 4 is 11.6 Å². The minimum atomic E-state index is 0.342. The number of hydrogen-bond donors (Lipinski definition) is 0. The third-order valence-corrected chi connectivity index (χ3v) is 3.75. The van der Waals surface area contributed by atoms with Crippen LogP contribution in [0.2, 0.25) is 0 Å². The second-order valence-corrected chi connectivity index (χ2v) is 5.35. The number of para-hydroxylation sites is 1. The van der Waals surface area contributed by atoms with Crippen LogP contribution in [0.1, 0.15) is 16.8 Å². The molecular formula is C17H16ClN3. The molecule has 0 unspecified atom stereocenters. The topological polar surface area (TPSA) is 30.7 Å². The first kappa shape index (κ1) is 13.8. The van der Waals surface area contributed by atoms with Crippen molar-refractivity contribution in [3.8, 4) is 16.9 Å². The minimum Gasteiger partial charge on any atom is -0.212 e. The maximum Gasteiger partial charge on any atom is 0.106 e. The molecule has 106 valence electrons. The van der Waals surface area contributed by atoms with E-state index in [1.54, 1.807) is 0 Å². The van der Waals surface area contributed by atoms with Crippen molar-refractivity contribution in [3.63, 3.8) is 0 Å². The highest BCUT2D eigenvalue weighted by molar-refractivity contribution is 6.17. The quantitative estimate of drug-likeness (QED) is 0.675. The van der Waals surface area contributed by atoms with Crippen LogP contribution < -0.4 is 0 Å². The monoisotopic (exact) mass is 297 g/mol. The molecule has 0 saturated carbocycles. The van der Waals surface area contributed by atoms with Crippen molar-refractivity contribution in [3.05, 3.63) is 65.4 Å². The van der Waals surface area contributed by atoms with E-state index in [0.717, 1.165) is 28.2 Å². The van der Waals surface area contributed by atoms with E-state index in [1.807, 2.05) is 28.9 Å². The first-order valence-electron chi connectivity index (χ1n) is 6.84. The van der Waals surface area contributed by atoms with E-state index >= 15 is 0 Å². The Morgan fingerprint density at radius 1 is 1.05 bits per heavy atom. The van der Waals surface area contributed by atoms with E-state index in [0.29, 0.717) is 5.88 Å². The van der Waals surface area contributed by atoms with Gasteiger partial charge in [0.2, 0.25) is 0 Å². The first-order valence-corrected chi connectivity index (χ1v) is 7.37. The fourth-order valence-corrected chi connectivity index (χ4v) is 2.63. The summed E-state index contributed by atoms with van der Waals surface area (Å²) < 4.78 is 1.88. The van der Waals surface area contributed by atoms with Gasteiger partial charge in [-0.25, -0.2) is 4.68 Å². The number of halogens is 1. The molecule has 3 nitrogen and oxygen atoms in total. The zero-order valence-electron chi connectivity index (χ0n) is 12.0. The fraction of sp³-hybridized carbons (Fsp3) is 0.176. The molecule has 0 bridgehead atoms. The largest absolute Gasteiger partial charge is 0.212 e. The lowest BCUT2D eigenvalue weighted by atomic mass is 10.1. The molecule has 0 aliphatic heterocycles. The lowest BCUT2D eigenvalue weighted by molar-refractivity contribution is 0.800. The molecule has 0 spiro atoms. The second-order valence-electron chi connectivity index (χ2n) is 5.09. The molecule has 0 amide bonds. The van der Waals surface area contributed by atoms with Gasteiger partial charge in [-0.2, -0.15) is 0 Å². The van der Waals surface area contributed by atoms with Gasteiger partial charge in [-0.05, 0) is 31.5 Å². The summed E-state index contributed by atoms with van der Waals surface area (Å²) in [6.45, 7) is 4.14. The number of hydrogen-bond acceptors (Lipinski definition) is 2. The van der Waals surface area contributed by atoms with Crippen LogP contribution in [0.15, 0.2) is 48.5 Å². The van der Waals surface area contributed by atoms with Crippen LogP contribution in [-0.2, 0) is 5.88 Å². The van der Waals surface area contributed by atoms with E-state index in [4.69, 9.17) is 11.6 Å². The van der Waals surface area contributed by atoms with Crippen molar-refractivity contribution in [1.82, 2.24) is 15.0 Å². The molecule has 4 heteroatoms. The van der Waals surface area contributed by atoms with Crippen LogP contribution in [0, 0.1) is 13.8 Å². The van der Waals surface area contributed by atoms with E-state index in [1.165, 1.54) is 5.56 Å². The highest BCUT2D eigenvalue weighted by Gasteiger charge is 2.16. The maximum atomic E-state index is 6.05. The highest BCUT2D eigenvalue weighted by atomic mass is 35.5. The summed E-state index contributed by atoms with van der Waals surface area (Å²) in [4.78, 5) is 0. The summed E-state index contributed by atoms with van der Waals surface area (Å²) in [6, 6.07) is 16.4. The summed E-state index contributed by atoms with van der Waals surface area (Å²) in [5.74, 6) is 0.342. The van der Waals surface area contributed by atoms with E-state index in [-0.39, 0.29) is 0 Å². The SMILES string of the molecule is Cc1cccc(-c2c(CCl)nnn2-c2ccccc2C)c1. The smallest absolute Gasteiger partial charge is 0.106 e. The van der Waals surface area contributed by atoms with Gasteiger partial charge in [0, 0.05) is 5.56 Å². The summed E-state index contributed by atoms with van der Waals surface area (Å²) in [5.41, 5.74) is 6.22. The van der Waals surface area contributed by atoms with Gasteiger partial charge < -0.3 is 0 Å². The van der Waals surface area contributed by atoms with E-state index in [2.05, 4.69) is 48.4 Å². The van der Waals surface area contributed by atoms with Crippen LogP contribution in [-0.4, -0.2) is 15.0 Å². The molecular weight excluding hydrogens is 282 g/mol. The van der Waals surface area contributed by atoms with E-state index in [9.17, 15) is 0 Å². The molecule has 0 aliphatic carbocycles. The Hall–Kier alpha value is -2.13. The normalized spacial score (nSPS) is 10.8. The maximum absolute atomic E-state index is 6.05. The molecule has 3 rings (SSSR count). The zero-order chi connectivity index (χ0) is 14.8. The molecule has 1 aromatic heterocycles. The summed E-state index contributed by atoms with van der Waals surface area (Å²) >= 11 is 6.05. The van der Waals surface area contributed by atoms with Gasteiger partial charge in [0.15, 0.2) is 0 Å². The zero-order valence-corrected chi connectivity index (χ0v) is 12.8. The lowest BCUT2D eigenvalue weighted by Crippen LogP contribution is -2.02. The average molecular weight is 298 g/mol. The predicted molar refractivity (Wildman–Crippen MR) is 85.8 cm³/mol. The Morgan fingerprint density at radius 2 is 1.86 bits per heavy atom. The summed E-state index contributed by atoms with van der Waals surface area (Å²) in [7, 11) is 0. The highest BCUT2D eigenvalue weighted by Crippen LogP contribution is 2.28. The van der Waals surface area contributed by atoms with E-state index < -0.39 is 0 Å². The molecule has 0 saturated heterocycles. The predicted octanol–water partition coefficient (Wildman–Crippen LogP) is 4.29. The van der Waals surface area contributed by atoms with Gasteiger partial charge in [-0.1, -0.05) is 47.2 Å². The number of rotatable bonds is 3. The molecule has 21 heavy (non-hydrogen) atoms. The van der Waals surface area contributed by atoms with Crippen molar-refractivity contribution in [2.75, 3.05) is 0 Å². The van der Waals surface area contributed by atoms with Crippen LogP contribution >= 0.6 is 11.6 Å². The number of alkyl halides is 1. The summed E-state index contributed by atoms with van der Waals surface area (Å²) in [5, 5.41) is 8.55. The van der Waals surface area contributed by atoms with Gasteiger partial charge in [0.05, 0.1) is 17.3 Å². The Balaban J connectivity index is 2.24. The van der Waals surface area contributed by atoms with Crippen LogP contribution in [0.4, 0.5) is 0 Å². The fourth-order valence-electron chi connectivity index (χ4n) is 2.45. The molecule has 0 radical (unpaired) electrons. The van der Waals surface area contributed by atoms with Gasteiger partial charge >= 0.3 is 0 Å². The molecule has 0 atom stereocenters. The molecule has 3 aromatic rings. The van der Waals surface area contributed by atoms with Crippen LogP contribution in [0.5, 0.6) is 0 Å². The first-order chi connectivity index (χ1) is 10.2. The molecule has 0 N–H and O–H groups in total. The van der Waals surface area contributed by atoms with Crippen LogP contribution in [0.25, 0.3) is 16.9 Å². The Bertz CT molecular complexity index is 777. The Labute approximate surface area is 129 Å². The Kier molecular flexibility index (Phi) is 3.76. The molecule has 0 fully saturated rings. The van der Waals surface area contributed by atoms with Gasteiger partial charge in [-0.15, -0.1) is 16.7 Å². The average Bonchev–Trinajstić information content (AvgIpc) is 2.91. The summed E-state index contributed by atoms with van der Waals surface area (Å²) in [6.07, 6.45) is 0. The third-order valence-electron chi connectivity index (χ3n) is 3.50. The third kappa shape index (κ3) is 2.57. The number of aromatic nitrogens is 3. The Morgan fingerprint density at radius 3 is 2.57 bits per heavy atom. The van der Waals surface area contributed by atoms with Crippen LogP contribution in [0.3, 0.4) is 0 Å². The lowest BCUT2D eigenvalue weighted by Gasteiger charge is -2.10. The van der Waals surface area contributed by atoms with Gasteiger partial charge in [0.1, 0.15) is 5.69 Å².